The Balaban J connectivity index is 1.94. The second-order valence-corrected chi connectivity index (χ2v) is 7.61. The number of urea groups is 1. The molecule has 0 fully saturated rings. The molecule has 142 valence electrons. The topological polar surface area (TPSA) is 128 Å². The van der Waals surface area contributed by atoms with Crippen molar-refractivity contribution in [2.75, 3.05) is 25.7 Å². The van der Waals surface area contributed by atoms with Gasteiger partial charge in [0.05, 0.1) is 25.8 Å². The zero-order chi connectivity index (χ0) is 19.4. The zero-order valence-corrected chi connectivity index (χ0v) is 16.1. The number of nitrogens with zero attached hydrogens (tertiary/aromatic N) is 2. The summed E-state index contributed by atoms with van der Waals surface area (Å²) in [6.45, 7) is 0. The average Bonchev–Trinajstić information content (AvgIpc) is 3.10. The maximum atomic E-state index is 12.5. The molecular formula is C16H17N5O4S2. The van der Waals surface area contributed by atoms with Crippen LogP contribution in [0.5, 0.6) is 5.75 Å². The highest BCUT2D eigenvalue weighted by molar-refractivity contribution is 8.01. The maximum Gasteiger partial charge on any atom is 0.338 e. The normalized spacial score (nSPS) is 16.5. The summed E-state index contributed by atoms with van der Waals surface area (Å²) in [5.41, 5.74) is 7.09. The Bertz CT molecular complexity index is 881. The van der Waals surface area contributed by atoms with Crippen molar-refractivity contribution in [1.82, 2.24) is 20.8 Å². The number of esters is 1. The molecule has 0 radical (unpaired) electrons. The summed E-state index contributed by atoms with van der Waals surface area (Å²) >= 11 is 2.55. The summed E-state index contributed by atoms with van der Waals surface area (Å²) in [6.07, 6.45) is 0. The number of nitrogens with one attached hydrogen (secondary N) is 2. The van der Waals surface area contributed by atoms with Gasteiger partial charge in [0, 0.05) is 11.4 Å². The molecule has 1 aromatic heterocycles. The van der Waals surface area contributed by atoms with Gasteiger partial charge >= 0.3 is 12.0 Å². The standard InChI is InChI=1S/C16H17N5O4S2/c1-24-9-5-3-8(4-6-9)12-11(13(22)25-2)10(18-15(23)19-12)7-26-16-21-20-14(17)27-16/h3-6,12H,7H2,1-2H3,(H2,17,20)(H2,18,19,23)/t12-/m0/s1. The number of ether oxygens (including phenoxy) is 2. The molecule has 2 amide bonds. The first-order valence-corrected chi connectivity index (χ1v) is 9.56. The quantitative estimate of drug-likeness (QED) is 0.488. The predicted molar refractivity (Wildman–Crippen MR) is 101 cm³/mol. The number of hydrogen-bond acceptors (Lipinski definition) is 9. The lowest BCUT2D eigenvalue weighted by molar-refractivity contribution is -0.136. The number of aromatic nitrogens is 2. The minimum atomic E-state index is -0.646. The van der Waals surface area contributed by atoms with Crippen molar-refractivity contribution in [2.45, 2.75) is 10.4 Å². The van der Waals surface area contributed by atoms with Gasteiger partial charge in [0.2, 0.25) is 5.13 Å². The molecule has 27 heavy (non-hydrogen) atoms. The number of rotatable bonds is 6. The Kier molecular flexibility index (Phi) is 5.81. The van der Waals surface area contributed by atoms with Gasteiger partial charge in [-0.15, -0.1) is 10.2 Å². The molecule has 4 N–H and O–H groups in total. The minimum Gasteiger partial charge on any atom is -0.497 e. The average molecular weight is 407 g/mol. The molecule has 0 saturated carbocycles. The highest BCUT2D eigenvalue weighted by Crippen LogP contribution is 2.32. The fourth-order valence-corrected chi connectivity index (χ4v) is 4.15. The van der Waals surface area contributed by atoms with Gasteiger partial charge < -0.3 is 25.8 Å². The highest BCUT2D eigenvalue weighted by atomic mass is 32.2. The van der Waals surface area contributed by atoms with Gasteiger partial charge in [0.25, 0.3) is 0 Å². The number of nitrogen functional groups attached to an aromatic ring is 1. The van der Waals surface area contributed by atoms with E-state index in [1.807, 2.05) is 0 Å². The van der Waals surface area contributed by atoms with E-state index in [0.717, 1.165) is 5.56 Å². The smallest absolute Gasteiger partial charge is 0.338 e. The van der Waals surface area contributed by atoms with E-state index in [2.05, 4.69) is 20.8 Å². The molecule has 1 aliphatic rings. The summed E-state index contributed by atoms with van der Waals surface area (Å²) in [4.78, 5) is 24.6. The third kappa shape index (κ3) is 4.31. The van der Waals surface area contributed by atoms with Gasteiger partial charge in [-0.2, -0.15) is 0 Å². The number of anilines is 1. The molecule has 0 aliphatic carbocycles. The molecule has 3 rings (SSSR count). The Morgan fingerprint density at radius 2 is 2.04 bits per heavy atom. The monoisotopic (exact) mass is 407 g/mol. The van der Waals surface area contributed by atoms with Crippen molar-refractivity contribution in [1.29, 1.82) is 0 Å². The molecule has 2 heterocycles. The molecule has 1 aromatic carbocycles. The zero-order valence-electron chi connectivity index (χ0n) is 14.5. The molecule has 0 saturated heterocycles. The fraction of sp³-hybridized carbons (Fsp3) is 0.250. The number of carbonyl (C=O) groups excluding carboxylic acids is 2. The number of amides is 2. The molecule has 0 spiro atoms. The van der Waals surface area contributed by atoms with Crippen LogP contribution in [0.4, 0.5) is 9.93 Å². The van der Waals surface area contributed by atoms with E-state index in [0.29, 0.717) is 32.2 Å². The van der Waals surface area contributed by atoms with Gasteiger partial charge in [-0.25, -0.2) is 9.59 Å². The van der Waals surface area contributed by atoms with E-state index >= 15 is 0 Å². The molecule has 1 aliphatic heterocycles. The largest absolute Gasteiger partial charge is 0.497 e. The number of hydrogen-bond donors (Lipinski definition) is 3. The summed E-state index contributed by atoms with van der Waals surface area (Å²) in [7, 11) is 2.86. The van der Waals surface area contributed by atoms with Crippen molar-refractivity contribution in [3.63, 3.8) is 0 Å². The van der Waals surface area contributed by atoms with Crippen molar-refractivity contribution >= 4 is 40.2 Å². The van der Waals surface area contributed by atoms with Gasteiger partial charge in [0.1, 0.15) is 5.75 Å². The minimum absolute atomic E-state index is 0.305. The first kappa shape index (κ1) is 19.0. The van der Waals surface area contributed by atoms with Gasteiger partial charge in [-0.1, -0.05) is 35.2 Å². The first-order chi connectivity index (χ1) is 13.0. The van der Waals surface area contributed by atoms with Crippen molar-refractivity contribution in [3.8, 4) is 5.75 Å². The van der Waals surface area contributed by atoms with E-state index in [1.165, 1.54) is 30.2 Å². The molecule has 11 heteroatoms. The van der Waals surface area contributed by atoms with Gasteiger partial charge in [0.15, 0.2) is 4.34 Å². The Morgan fingerprint density at radius 3 is 2.63 bits per heavy atom. The Hall–Kier alpha value is -2.79. The van der Waals surface area contributed by atoms with E-state index in [9.17, 15) is 9.59 Å². The summed E-state index contributed by atoms with van der Waals surface area (Å²) in [5, 5.41) is 13.5. The number of benzene rings is 1. The molecule has 2 aromatic rings. The number of nitrogens with two attached hydrogens (primary N) is 1. The van der Waals surface area contributed by atoms with Crippen LogP contribution in [-0.2, 0) is 9.53 Å². The number of carbonyl (C=O) groups is 2. The molecular weight excluding hydrogens is 390 g/mol. The van der Waals surface area contributed by atoms with Gasteiger partial charge in [-0.05, 0) is 17.7 Å². The van der Waals surface area contributed by atoms with E-state index in [-0.39, 0.29) is 0 Å². The second-order valence-electron chi connectivity index (χ2n) is 5.38. The van der Waals surface area contributed by atoms with E-state index in [1.54, 1.807) is 31.4 Å². The lowest BCUT2D eigenvalue weighted by Crippen LogP contribution is -2.46. The number of thioether (sulfide) groups is 1. The third-order valence-electron chi connectivity index (χ3n) is 3.77. The van der Waals surface area contributed by atoms with Crippen LogP contribution in [0.1, 0.15) is 11.6 Å². The lowest BCUT2D eigenvalue weighted by atomic mass is 9.95. The van der Waals surface area contributed by atoms with Crippen LogP contribution in [0.15, 0.2) is 39.9 Å². The first-order valence-electron chi connectivity index (χ1n) is 7.76. The number of methoxy groups -OCH3 is 2. The molecule has 0 bridgehead atoms. The summed E-state index contributed by atoms with van der Waals surface area (Å²) in [6, 6.07) is 6.04. The van der Waals surface area contributed by atoms with Crippen LogP contribution < -0.4 is 21.1 Å². The maximum absolute atomic E-state index is 12.5. The highest BCUT2D eigenvalue weighted by Gasteiger charge is 2.33. The summed E-state index contributed by atoms with van der Waals surface area (Å²) < 4.78 is 10.7. The van der Waals surface area contributed by atoms with Crippen LogP contribution >= 0.6 is 23.1 Å². The SMILES string of the molecule is COC(=O)C1=C(CSc2nnc(N)s2)NC(=O)N[C@H]1c1ccc(OC)cc1. The van der Waals surface area contributed by atoms with Crippen LogP contribution in [0.3, 0.4) is 0 Å². The summed E-state index contributed by atoms with van der Waals surface area (Å²) in [5.74, 6) is 0.446. The predicted octanol–water partition coefficient (Wildman–Crippen LogP) is 1.70. The molecule has 0 unspecified atom stereocenters. The van der Waals surface area contributed by atoms with Crippen LogP contribution in [0.25, 0.3) is 0 Å². The van der Waals surface area contributed by atoms with Crippen LogP contribution in [-0.4, -0.2) is 42.2 Å². The molecule has 1 atom stereocenters. The van der Waals surface area contributed by atoms with Crippen LogP contribution in [0.2, 0.25) is 0 Å². The Labute approximate surface area is 163 Å². The second kappa shape index (κ2) is 8.27. The van der Waals surface area contributed by atoms with Crippen molar-refractivity contribution < 1.29 is 19.1 Å². The van der Waals surface area contributed by atoms with E-state index in [4.69, 9.17) is 15.2 Å². The Morgan fingerprint density at radius 1 is 1.30 bits per heavy atom. The van der Waals surface area contributed by atoms with Crippen molar-refractivity contribution in [2.24, 2.45) is 0 Å². The van der Waals surface area contributed by atoms with Crippen molar-refractivity contribution in [3.05, 3.63) is 41.1 Å². The van der Waals surface area contributed by atoms with E-state index < -0.39 is 18.0 Å². The third-order valence-corrected chi connectivity index (χ3v) is 5.68. The van der Waals surface area contributed by atoms with Gasteiger partial charge in [-0.3, -0.25) is 0 Å². The lowest BCUT2D eigenvalue weighted by Gasteiger charge is -2.29. The molecule has 9 nitrogen and oxygen atoms in total. The fourth-order valence-electron chi connectivity index (χ4n) is 2.54. The van der Waals surface area contributed by atoms with Crippen LogP contribution in [0, 0.1) is 0 Å².